The number of carbonyl (C=O) groups is 1. The number of rotatable bonds is 9. The molecule has 0 spiro atoms. The smallest absolute Gasteiger partial charge is 0.335 e. The largest absolute Gasteiger partial charge is 0.478 e. The van der Waals surface area contributed by atoms with Crippen LogP contribution in [0, 0.1) is 17.0 Å². The lowest BCUT2D eigenvalue weighted by atomic mass is 9.87. The topological polar surface area (TPSA) is 86.5 Å². The van der Waals surface area contributed by atoms with Gasteiger partial charge in [0.25, 0.3) is 0 Å². The number of carboxylic acid groups (broad SMARTS) is 1. The molecule has 230 valence electrons. The molecule has 45 heavy (non-hydrogen) atoms. The van der Waals surface area contributed by atoms with Gasteiger partial charge in [0.2, 0.25) is 5.88 Å². The number of hydrogen-bond acceptors (Lipinski definition) is 5. The number of nitrogens with zero attached hydrogens (tertiary/aromatic N) is 3. The van der Waals surface area contributed by atoms with Crippen molar-refractivity contribution in [3.8, 4) is 17.1 Å². The van der Waals surface area contributed by atoms with Crippen molar-refractivity contribution in [2.24, 2.45) is 5.41 Å². The molecule has 5 aromatic rings. The number of hydrogen-bond donors (Lipinski definition) is 1. The van der Waals surface area contributed by atoms with Crippen molar-refractivity contribution in [1.29, 1.82) is 0 Å². The van der Waals surface area contributed by atoms with Crippen molar-refractivity contribution >= 4 is 17.0 Å². The van der Waals surface area contributed by atoms with E-state index in [0.29, 0.717) is 48.5 Å². The van der Waals surface area contributed by atoms with Crippen LogP contribution in [0.25, 0.3) is 22.3 Å². The first-order valence-corrected chi connectivity index (χ1v) is 15.2. The normalized spacial score (nSPS) is 17.6. The first-order valence-electron chi connectivity index (χ1n) is 15.2. The maximum atomic E-state index is 15.7. The van der Waals surface area contributed by atoms with Gasteiger partial charge in [0.05, 0.1) is 41.5 Å². The van der Waals surface area contributed by atoms with E-state index < -0.39 is 17.6 Å². The Kier molecular flexibility index (Phi) is 7.36. The van der Waals surface area contributed by atoms with Gasteiger partial charge in [0, 0.05) is 23.5 Å². The van der Waals surface area contributed by atoms with Crippen LogP contribution >= 0.6 is 0 Å². The first kappa shape index (κ1) is 29.1. The molecular weight excluding hydrogens is 576 g/mol. The van der Waals surface area contributed by atoms with Gasteiger partial charge in [0.15, 0.2) is 0 Å². The van der Waals surface area contributed by atoms with Crippen LogP contribution in [-0.4, -0.2) is 38.8 Å². The van der Waals surface area contributed by atoms with Crippen molar-refractivity contribution in [2.45, 2.75) is 51.7 Å². The minimum absolute atomic E-state index is 0.00279. The number of carboxylic acids is 1. The molecule has 9 heteroatoms. The van der Waals surface area contributed by atoms with E-state index in [-0.39, 0.29) is 40.3 Å². The number of aromatic nitrogens is 3. The molecule has 1 saturated carbocycles. The number of halogens is 2. The van der Waals surface area contributed by atoms with Gasteiger partial charge in [0.1, 0.15) is 24.1 Å². The van der Waals surface area contributed by atoms with Crippen LogP contribution in [-0.2, 0) is 17.8 Å². The molecule has 1 N–H and O–H groups in total. The molecule has 1 aliphatic carbocycles. The zero-order chi connectivity index (χ0) is 31.3. The summed E-state index contributed by atoms with van der Waals surface area (Å²) in [5, 5.41) is 9.60. The lowest BCUT2D eigenvalue weighted by molar-refractivity contribution is 0.0697. The minimum Gasteiger partial charge on any atom is -0.478 e. The Labute approximate surface area is 259 Å². The van der Waals surface area contributed by atoms with E-state index in [0.717, 1.165) is 11.6 Å². The number of benzene rings is 3. The number of aromatic carboxylic acids is 1. The fourth-order valence-corrected chi connectivity index (χ4v) is 6.12. The van der Waals surface area contributed by atoms with Gasteiger partial charge >= 0.3 is 5.97 Å². The van der Waals surface area contributed by atoms with Crippen molar-refractivity contribution in [1.82, 2.24) is 14.5 Å². The van der Waals surface area contributed by atoms with Gasteiger partial charge in [-0.15, -0.1) is 0 Å². The molecule has 2 fully saturated rings. The monoisotopic (exact) mass is 609 g/mol. The summed E-state index contributed by atoms with van der Waals surface area (Å²) in [6, 6.07) is 20.3. The molecular formula is C36H33F2N3O4. The van der Waals surface area contributed by atoms with Crippen LogP contribution in [0.2, 0.25) is 0 Å². The summed E-state index contributed by atoms with van der Waals surface area (Å²) in [7, 11) is 0. The number of ether oxygens (including phenoxy) is 2. The lowest BCUT2D eigenvalue weighted by Crippen LogP contribution is -2.27. The lowest BCUT2D eigenvalue weighted by Gasteiger charge is -2.28. The fourth-order valence-electron chi connectivity index (χ4n) is 6.12. The van der Waals surface area contributed by atoms with Crippen LogP contribution in [0.4, 0.5) is 8.78 Å². The molecule has 1 saturated heterocycles. The molecule has 3 heterocycles. The standard InChI is InChI=1S/C36H33F2N3O4/c1-36(2)20-44-19-32(36)41-31-15-24(35(42)43)12-13-30(31)39-33(41)16-25-14-28(38)26(17-27(25)37)29-4-3-5-34(40-29)45-18-21-6-8-22(9-7-21)23-10-11-23/h3-9,12-15,17,23,32H,10-11,16,18-20H2,1-2H3,(H,42,43)/t32-/m1/s1. The molecule has 2 aromatic heterocycles. The van der Waals surface area contributed by atoms with Crippen molar-refractivity contribution in [2.75, 3.05) is 13.2 Å². The fraction of sp³-hybridized carbons (Fsp3) is 0.306. The van der Waals surface area contributed by atoms with Gasteiger partial charge in [-0.25, -0.2) is 23.5 Å². The van der Waals surface area contributed by atoms with E-state index in [1.54, 1.807) is 30.3 Å². The third-order valence-corrected chi connectivity index (χ3v) is 8.87. The third-order valence-electron chi connectivity index (χ3n) is 8.87. The Hall–Kier alpha value is -4.63. The van der Waals surface area contributed by atoms with Gasteiger partial charge in [-0.1, -0.05) is 44.2 Å². The molecule has 0 bridgehead atoms. The van der Waals surface area contributed by atoms with Gasteiger partial charge in [-0.3, -0.25) is 0 Å². The van der Waals surface area contributed by atoms with Crippen LogP contribution in [0.3, 0.4) is 0 Å². The summed E-state index contributed by atoms with van der Waals surface area (Å²) in [5.74, 6) is -0.765. The highest BCUT2D eigenvalue weighted by atomic mass is 19.1. The summed E-state index contributed by atoms with van der Waals surface area (Å²) in [6.07, 6.45) is 2.49. The average molecular weight is 610 g/mol. The maximum absolute atomic E-state index is 15.7. The second-order valence-electron chi connectivity index (χ2n) is 12.7. The Balaban J connectivity index is 1.16. The number of pyridine rings is 1. The van der Waals surface area contributed by atoms with Crippen LogP contribution < -0.4 is 4.74 Å². The SMILES string of the molecule is CC1(C)COC[C@H]1n1c(Cc2cc(F)c(-c3cccc(OCc4ccc(C5CC5)cc4)n3)cc2F)nc2ccc(C(=O)O)cc21. The van der Waals surface area contributed by atoms with Crippen LogP contribution in [0.5, 0.6) is 5.88 Å². The zero-order valence-corrected chi connectivity index (χ0v) is 25.1. The molecule has 2 aliphatic rings. The van der Waals surface area contributed by atoms with E-state index in [1.165, 1.54) is 30.5 Å². The van der Waals surface area contributed by atoms with E-state index in [9.17, 15) is 9.90 Å². The quantitative estimate of drug-likeness (QED) is 0.184. The molecule has 7 rings (SSSR count). The molecule has 7 nitrogen and oxygen atoms in total. The van der Waals surface area contributed by atoms with Gasteiger partial charge in [-0.05, 0) is 71.8 Å². The summed E-state index contributed by atoms with van der Waals surface area (Å²) >= 11 is 0. The predicted molar refractivity (Wildman–Crippen MR) is 165 cm³/mol. The Morgan fingerprint density at radius 1 is 1.02 bits per heavy atom. The van der Waals surface area contributed by atoms with Crippen molar-refractivity contribution in [3.05, 3.63) is 113 Å². The van der Waals surface area contributed by atoms with E-state index >= 15 is 8.78 Å². The molecule has 0 amide bonds. The maximum Gasteiger partial charge on any atom is 0.335 e. The highest BCUT2D eigenvalue weighted by Crippen LogP contribution is 2.41. The highest BCUT2D eigenvalue weighted by molar-refractivity contribution is 5.92. The summed E-state index contributed by atoms with van der Waals surface area (Å²) < 4.78 is 44.9. The summed E-state index contributed by atoms with van der Waals surface area (Å²) in [5.41, 5.74) is 3.81. The molecule has 1 atom stereocenters. The van der Waals surface area contributed by atoms with Gasteiger partial charge in [-0.2, -0.15) is 0 Å². The first-order chi connectivity index (χ1) is 21.7. The summed E-state index contributed by atoms with van der Waals surface area (Å²) in [4.78, 5) is 20.9. The number of imidazole rings is 1. The third kappa shape index (κ3) is 5.80. The Bertz CT molecular complexity index is 1910. The molecule has 3 aromatic carbocycles. The van der Waals surface area contributed by atoms with E-state index in [2.05, 4.69) is 31.0 Å². The zero-order valence-electron chi connectivity index (χ0n) is 25.1. The Morgan fingerprint density at radius 2 is 1.82 bits per heavy atom. The van der Waals surface area contributed by atoms with E-state index in [1.807, 2.05) is 16.7 Å². The van der Waals surface area contributed by atoms with Crippen LogP contribution in [0.15, 0.2) is 72.8 Å². The molecule has 0 radical (unpaired) electrons. The Morgan fingerprint density at radius 3 is 2.53 bits per heavy atom. The van der Waals surface area contributed by atoms with E-state index in [4.69, 9.17) is 14.5 Å². The number of fused-ring (bicyclic) bond motifs is 1. The van der Waals surface area contributed by atoms with Crippen molar-refractivity contribution in [3.63, 3.8) is 0 Å². The molecule has 1 aliphatic heterocycles. The second kappa shape index (κ2) is 11.4. The highest BCUT2D eigenvalue weighted by Gasteiger charge is 2.39. The minimum atomic E-state index is -1.05. The second-order valence-corrected chi connectivity index (χ2v) is 12.7. The average Bonchev–Trinajstić information content (AvgIpc) is 3.73. The molecule has 0 unspecified atom stereocenters. The predicted octanol–water partition coefficient (Wildman–Crippen LogP) is 7.72. The van der Waals surface area contributed by atoms with Crippen LogP contribution in [0.1, 0.15) is 71.5 Å². The van der Waals surface area contributed by atoms with Crippen molar-refractivity contribution < 1.29 is 28.2 Å². The summed E-state index contributed by atoms with van der Waals surface area (Å²) in [6.45, 7) is 5.34. The van der Waals surface area contributed by atoms with Gasteiger partial charge < -0.3 is 19.1 Å².